The number of halogens is 1. The fourth-order valence-electron chi connectivity index (χ4n) is 2.63. The molecule has 1 aromatic heterocycles. The molecule has 29 heavy (non-hydrogen) atoms. The number of nitrogens with zero attached hydrogens (tertiary/aromatic N) is 1. The van der Waals surface area contributed by atoms with Crippen LogP contribution in [-0.2, 0) is 0 Å². The van der Waals surface area contributed by atoms with E-state index in [1.807, 2.05) is 17.5 Å². The van der Waals surface area contributed by atoms with Crippen molar-refractivity contribution < 1.29 is 23.7 Å². The van der Waals surface area contributed by atoms with Crippen molar-refractivity contribution in [2.75, 3.05) is 33.8 Å². The second-order valence-electron chi connectivity index (χ2n) is 5.75. The van der Waals surface area contributed by atoms with Gasteiger partial charge in [0.25, 0.3) is 5.91 Å². The highest BCUT2D eigenvalue weighted by Gasteiger charge is 2.17. The minimum absolute atomic E-state index is 0.323. The van der Waals surface area contributed by atoms with Gasteiger partial charge in [0.2, 0.25) is 0 Å². The van der Waals surface area contributed by atoms with Crippen LogP contribution in [0.4, 0.5) is 5.13 Å². The second-order valence-corrected chi connectivity index (χ2v) is 7.40. The molecule has 0 saturated carbocycles. The monoisotopic (exact) mass is 478 g/mol. The number of methoxy groups -OCH3 is 4. The third-order valence-corrected chi connectivity index (χ3v) is 5.66. The van der Waals surface area contributed by atoms with E-state index in [0.29, 0.717) is 43.9 Å². The van der Waals surface area contributed by atoms with Crippen LogP contribution >= 0.6 is 27.3 Å². The third-order valence-electron chi connectivity index (χ3n) is 4.12. The van der Waals surface area contributed by atoms with Gasteiger partial charge in [0.05, 0.1) is 34.1 Å². The Kier molecular flexibility index (Phi) is 6.60. The molecule has 0 unspecified atom stereocenters. The van der Waals surface area contributed by atoms with E-state index >= 15 is 0 Å². The molecule has 0 bridgehead atoms. The van der Waals surface area contributed by atoms with E-state index in [1.165, 1.54) is 25.6 Å². The third kappa shape index (κ3) is 4.46. The lowest BCUT2D eigenvalue weighted by Gasteiger charge is -2.11. The predicted octanol–water partition coefficient (Wildman–Crippen LogP) is 4.86. The summed E-state index contributed by atoms with van der Waals surface area (Å²) < 4.78 is 21.9. The smallest absolute Gasteiger partial charge is 0.257 e. The van der Waals surface area contributed by atoms with Crippen LogP contribution in [0.25, 0.3) is 11.3 Å². The Morgan fingerprint density at radius 1 is 0.966 bits per heavy atom. The number of carbonyl (C=O) groups excluding carboxylic acids is 1. The van der Waals surface area contributed by atoms with Crippen LogP contribution in [0.15, 0.2) is 40.2 Å². The van der Waals surface area contributed by atoms with E-state index in [0.717, 1.165) is 5.56 Å². The predicted molar refractivity (Wildman–Crippen MR) is 116 cm³/mol. The molecule has 1 amide bonds. The van der Waals surface area contributed by atoms with Gasteiger partial charge in [0.1, 0.15) is 27.5 Å². The second kappa shape index (κ2) is 9.15. The molecule has 1 heterocycles. The molecular formula is C20H19BrN2O5S. The Balaban J connectivity index is 1.85. The lowest BCUT2D eigenvalue weighted by molar-refractivity contribution is 0.102. The first-order chi connectivity index (χ1) is 14.0. The van der Waals surface area contributed by atoms with Crippen LogP contribution in [0.5, 0.6) is 23.0 Å². The summed E-state index contributed by atoms with van der Waals surface area (Å²) in [6.07, 6.45) is 0. The van der Waals surface area contributed by atoms with Crippen LogP contribution in [-0.4, -0.2) is 39.3 Å². The summed E-state index contributed by atoms with van der Waals surface area (Å²) in [6, 6.07) is 8.73. The summed E-state index contributed by atoms with van der Waals surface area (Å²) in [5.41, 5.74) is 1.88. The molecule has 0 atom stereocenters. The number of nitrogens with one attached hydrogen (secondary N) is 1. The van der Waals surface area contributed by atoms with Crippen LogP contribution in [0.1, 0.15) is 10.4 Å². The summed E-state index contributed by atoms with van der Waals surface area (Å²) in [7, 11) is 6.23. The fraction of sp³-hybridized carbons (Fsp3) is 0.200. The first-order valence-corrected chi connectivity index (χ1v) is 10.1. The van der Waals surface area contributed by atoms with Crippen LogP contribution in [0.3, 0.4) is 0 Å². The highest BCUT2D eigenvalue weighted by atomic mass is 79.9. The largest absolute Gasteiger partial charge is 0.497 e. The van der Waals surface area contributed by atoms with Gasteiger partial charge >= 0.3 is 0 Å². The zero-order valence-corrected chi connectivity index (χ0v) is 18.6. The summed E-state index contributed by atoms with van der Waals surface area (Å²) in [5, 5.41) is 5.12. The van der Waals surface area contributed by atoms with Crippen molar-refractivity contribution in [1.82, 2.24) is 4.98 Å². The number of aromatic nitrogens is 1. The number of hydrogen-bond acceptors (Lipinski definition) is 7. The molecule has 0 spiro atoms. The molecule has 0 aliphatic carbocycles. The van der Waals surface area contributed by atoms with Crippen molar-refractivity contribution in [1.29, 1.82) is 0 Å². The van der Waals surface area contributed by atoms with Crippen LogP contribution in [0, 0.1) is 0 Å². The fourth-order valence-corrected chi connectivity index (χ4v) is 3.89. The molecule has 2 aromatic carbocycles. The highest BCUT2D eigenvalue weighted by molar-refractivity contribution is 9.10. The highest BCUT2D eigenvalue weighted by Crippen LogP contribution is 2.37. The van der Waals surface area contributed by atoms with Gasteiger partial charge in [-0.2, -0.15) is 0 Å². The van der Waals surface area contributed by atoms with Gasteiger partial charge in [-0.25, -0.2) is 4.98 Å². The van der Waals surface area contributed by atoms with Gasteiger partial charge in [0.15, 0.2) is 5.13 Å². The number of rotatable bonds is 7. The first-order valence-electron chi connectivity index (χ1n) is 8.41. The number of thiazole rings is 1. The number of benzene rings is 2. The Morgan fingerprint density at radius 2 is 1.62 bits per heavy atom. The lowest BCUT2D eigenvalue weighted by Crippen LogP contribution is -2.12. The van der Waals surface area contributed by atoms with E-state index < -0.39 is 0 Å². The van der Waals surface area contributed by atoms with Crippen LogP contribution in [0.2, 0.25) is 0 Å². The van der Waals surface area contributed by atoms with E-state index in [4.69, 9.17) is 18.9 Å². The molecule has 0 aliphatic rings. The first kappa shape index (κ1) is 20.9. The zero-order chi connectivity index (χ0) is 21.0. The number of carbonyl (C=O) groups is 1. The van der Waals surface area contributed by atoms with E-state index in [-0.39, 0.29) is 5.91 Å². The molecule has 9 heteroatoms. The van der Waals surface area contributed by atoms with Gasteiger partial charge in [-0.3, -0.25) is 10.1 Å². The minimum Gasteiger partial charge on any atom is -0.497 e. The maximum absolute atomic E-state index is 12.7. The van der Waals surface area contributed by atoms with Crippen molar-refractivity contribution >= 4 is 38.3 Å². The lowest BCUT2D eigenvalue weighted by atomic mass is 10.1. The molecule has 7 nitrogen and oxygen atoms in total. The molecule has 3 rings (SSSR count). The zero-order valence-electron chi connectivity index (χ0n) is 16.2. The van der Waals surface area contributed by atoms with Gasteiger partial charge in [-0.15, -0.1) is 11.3 Å². The standard InChI is InChI=1S/C20H19BrN2O5S/c1-25-12-5-6-13(15(9-12)26-2)14-10-29-20(22-14)23-19(24)11-7-16(27-3)18(21)17(8-11)28-4/h5-10H,1-4H3,(H,22,23,24). The topological polar surface area (TPSA) is 78.9 Å². The van der Waals surface area contributed by atoms with E-state index in [1.54, 1.807) is 32.4 Å². The number of hydrogen-bond donors (Lipinski definition) is 1. The Hall–Kier alpha value is -2.78. The summed E-state index contributed by atoms with van der Waals surface area (Å²) >= 11 is 4.71. The maximum atomic E-state index is 12.7. The van der Waals surface area contributed by atoms with Crippen LogP contribution < -0.4 is 24.3 Å². The van der Waals surface area contributed by atoms with E-state index in [2.05, 4.69) is 26.2 Å². The molecule has 0 saturated heterocycles. The SMILES string of the molecule is COc1ccc(-c2csc(NC(=O)c3cc(OC)c(Br)c(OC)c3)n2)c(OC)c1. The summed E-state index contributed by atoms with van der Waals surface area (Å²) in [5.74, 6) is 1.99. The number of ether oxygens (including phenoxy) is 4. The molecule has 152 valence electrons. The number of amides is 1. The normalized spacial score (nSPS) is 10.4. The molecule has 0 radical (unpaired) electrons. The van der Waals surface area contributed by atoms with E-state index in [9.17, 15) is 4.79 Å². The Labute approximate surface area is 180 Å². The summed E-state index contributed by atoms with van der Waals surface area (Å²) in [6.45, 7) is 0. The van der Waals surface area contributed by atoms with Crippen molar-refractivity contribution in [3.63, 3.8) is 0 Å². The van der Waals surface area contributed by atoms with Crippen molar-refractivity contribution in [3.8, 4) is 34.3 Å². The van der Waals surface area contributed by atoms with Gasteiger partial charge in [-0.05, 0) is 40.2 Å². The molecule has 0 fully saturated rings. The maximum Gasteiger partial charge on any atom is 0.257 e. The average molecular weight is 479 g/mol. The average Bonchev–Trinajstić information content (AvgIpc) is 3.21. The van der Waals surface area contributed by atoms with Crippen molar-refractivity contribution in [2.45, 2.75) is 0 Å². The molecule has 0 aliphatic heterocycles. The van der Waals surface area contributed by atoms with Gasteiger partial charge in [-0.1, -0.05) is 0 Å². The Morgan fingerprint density at radius 3 is 2.21 bits per heavy atom. The van der Waals surface area contributed by atoms with Gasteiger partial charge in [0, 0.05) is 22.6 Å². The number of anilines is 1. The van der Waals surface area contributed by atoms with Gasteiger partial charge < -0.3 is 18.9 Å². The molecule has 1 N–H and O–H groups in total. The minimum atomic E-state index is -0.323. The Bertz CT molecular complexity index is 1010. The quantitative estimate of drug-likeness (QED) is 0.522. The molecule has 3 aromatic rings. The van der Waals surface area contributed by atoms with Crippen molar-refractivity contribution in [2.24, 2.45) is 0 Å². The molecular weight excluding hydrogens is 460 g/mol. The summed E-state index contributed by atoms with van der Waals surface area (Å²) in [4.78, 5) is 17.2. The van der Waals surface area contributed by atoms with Crippen molar-refractivity contribution in [3.05, 3.63) is 45.7 Å².